The van der Waals surface area contributed by atoms with Crippen LogP contribution in [-0.4, -0.2) is 16.5 Å². The van der Waals surface area contributed by atoms with E-state index in [4.69, 9.17) is 4.74 Å². The molecule has 4 nitrogen and oxygen atoms in total. The molecule has 2 N–H and O–H groups in total. The third-order valence-electron chi connectivity index (χ3n) is 2.43. The van der Waals surface area contributed by atoms with E-state index in [9.17, 15) is 15.0 Å². The summed E-state index contributed by atoms with van der Waals surface area (Å²) in [5.41, 5.74) is 1.10. The van der Waals surface area contributed by atoms with Crippen molar-refractivity contribution in [3.8, 4) is 17.2 Å². The average molecular weight is 244 g/mol. The maximum atomic E-state index is 10.5. The Morgan fingerprint density at radius 3 is 2.22 bits per heavy atom. The minimum Gasteiger partial charge on any atom is -0.504 e. The van der Waals surface area contributed by atoms with E-state index < -0.39 is 0 Å². The number of aldehydes is 1. The quantitative estimate of drug-likeness (QED) is 0.811. The Balaban J connectivity index is 2.17. The lowest BCUT2D eigenvalue weighted by Gasteiger charge is -2.10. The Morgan fingerprint density at radius 2 is 1.67 bits per heavy atom. The summed E-state index contributed by atoms with van der Waals surface area (Å²) >= 11 is 0. The third kappa shape index (κ3) is 2.60. The standard InChI is InChI=1S/C14H12O4/c15-8-11-6-12(16)14(13(17)7-11)18-9-10-4-2-1-3-5-10/h1-8,16-17H,9H2. The predicted octanol–water partition coefficient (Wildman–Crippen LogP) is 2.49. The number of carbonyl (C=O) groups is 1. The van der Waals surface area contributed by atoms with Gasteiger partial charge in [-0.25, -0.2) is 0 Å². The molecular weight excluding hydrogens is 232 g/mol. The third-order valence-corrected chi connectivity index (χ3v) is 2.43. The maximum absolute atomic E-state index is 10.5. The average Bonchev–Trinajstić information content (AvgIpc) is 2.38. The van der Waals surface area contributed by atoms with Crippen molar-refractivity contribution < 1.29 is 19.7 Å². The number of carbonyl (C=O) groups excluding carboxylic acids is 1. The second kappa shape index (κ2) is 5.23. The van der Waals surface area contributed by atoms with Crippen LogP contribution >= 0.6 is 0 Å². The van der Waals surface area contributed by atoms with Crippen LogP contribution in [-0.2, 0) is 6.61 Å². The SMILES string of the molecule is O=Cc1cc(O)c(OCc2ccccc2)c(O)c1. The molecule has 0 atom stereocenters. The summed E-state index contributed by atoms with van der Waals surface area (Å²) in [6.45, 7) is 0.225. The molecule has 18 heavy (non-hydrogen) atoms. The summed E-state index contributed by atoms with van der Waals surface area (Å²) in [5, 5.41) is 19.3. The van der Waals surface area contributed by atoms with Crippen molar-refractivity contribution in [2.24, 2.45) is 0 Å². The van der Waals surface area contributed by atoms with E-state index in [-0.39, 0.29) is 29.4 Å². The summed E-state index contributed by atoms with van der Waals surface area (Å²) in [5.74, 6) is -0.537. The van der Waals surface area contributed by atoms with Gasteiger partial charge in [-0.2, -0.15) is 0 Å². The van der Waals surface area contributed by atoms with Crippen LogP contribution in [0.2, 0.25) is 0 Å². The monoisotopic (exact) mass is 244 g/mol. The zero-order chi connectivity index (χ0) is 13.0. The zero-order valence-corrected chi connectivity index (χ0v) is 9.54. The molecule has 0 bridgehead atoms. The van der Waals surface area contributed by atoms with E-state index in [2.05, 4.69) is 0 Å². The maximum Gasteiger partial charge on any atom is 0.203 e. The number of phenolic OH excluding ortho intramolecular Hbond substituents is 2. The molecule has 0 fully saturated rings. The second-order valence-electron chi connectivity index (χ2n) is 3.78. The van der Waals surface area contributed by atoms with Crippen LogP contribution in [0.15, 0.2) is 42.5 Å². The van der Waals surface area contributed by atoms with Gasteiger partial charge in [0.2, 0.25) is 5.75 Å². The lowest BCUT2D eigenvalue weighted by molar-refractivity contribution is 0.112. The molecule has 0 unspecified atom stereocenters. The van der Waals surface area contributed by atoms with E-state index in [1.807, 2.05) is 30.3 Å². The molecule has 0 radical (unpaired) electrons. The van der Waals surface area contributed by atoms with Gasteiger partial charge in [0, 0.05) is 5.56 Å². The molecule has 2 aromatic carbocycles. The molecule has 0 saturated carbocycles. The van der Waals surface area contributed by atoms with Gasteiger partial charge in [-0.05, 0) is 17.7 Å². The van der Waals surface area contributed by atoms with E-state index >= 15 is 0 Å². The van der Waals surface area contributed by atoms with Crippen LogP contribution in [0, 0.1) is 0 Å². The number of rotatable bonds is 4. The number of ether oxygens (including phenoxy) is 1. The first-order chi connectivity index (χ1) is 8.70. The Morgan fingerprint density at radius 1 is 1.06 bits per heavy atom. The van der Waals surface area contributed by atoms with Gasteiger partial charge < -0.3 is 14.9 Å². The van der Waals surface area contributed by atoms with Crippen LogP contribution in [0.3, 0.4) is 0 Å². The van der Waals surface area contributed by atoms with Gasteiger partial charge in [-0.15, -0.1) is 0 Å². The Labute approximate surface area is 104 Å². The van der Waals surface area contributed by atoms with Crippen molar-refractivity contribution in [3.63, 3.8) is 0 Å². The van der Waals surface area contributed by atoms with Crippen molar-refractivity contribution in [1.29, 1.82) is 0 Å². The van der Waals surface area contributed by atoms with Crippen LogP contribution in [0.5, 0.6) is 17.2 Å². The molecule has 0 heterocycles. The fourth-order valence-corrected chi connectivity index (χ4v) is 1.57. The van der Waals surface area contributed by atoms with Crippen LogP contribution in [0.4, 0.5) is 0 Å². The Bertz CT molecular complexity index is 526. The Kier molecular flexibility index (Phi) is 3.48. The number of aromatic hydroxyl groups is 2. The molecule has 0 aliphatic rings. The number of phenols is 2. The zero-order valence-electron chi connectivity index (χ0n) is 9.54. The second-order valence-corrected chi connectivity index (χ2v) is 3.78. The molecular formula is C14H12O4. The molecule has 0 saturated heterocycles. The van der Waals surface area contributed by atoms with Crippen molar-refractivity contribution in [1.82, 2.24) is 0 Å². The first-order valence-corrected chi connectivity index (χ1v) is 5.38. The van der Waals surface area contributed by atoms with E-state index in [1.54, 1.807) is 0 Å². The molecule has 92 valence electrons. The first-order valence-electron chi connectivity index (χ1n) is 5.38. The fraction of sp³-hybridized carbons (Fsp3) is 0.0714. The highest BCUT2D eigenvalue weighted by Crippen LogP contribution is 2.37. The molecule has 0 aliphatic heterocycles. The normalized spacial score (nSPS) is 10.0. The summed E-state index contributed by atoms with van der Waals surface area (Å²) in [6.07, 6.45) is 0.542. The highest BCUT2D eigenvalue weighted by molar-refractivity contribution is 5.78. The van der Waals surface area contributed by atoms with Crippen LogP contribution in [0.25, 0.3) is 0 Å². The van der Waals surface area contributed by atoms with E-state index in [0.29, 0.717) is 6.29 Å². The van der Waals surface area contributed by atoms with Crippen molar-refractivity contribution in [2.75, 3.05) is 0 Å². The van der Waals surface area contributed by atoms with Gasteiger partial charge >= 0.3 is 0 Å². The molecule has 2 rings (SSSR count). The summed E-state index contributed by atoms with van der Waals surface area (Å²) in [4.78, 5) is 10.5. The van der Waals surface area contributed by atoms with Crippen LogP contribution in [0.1, 0.15) is 15.9 Å². The van der Waals surface area contributed by atoms with Gasteiger partial charge in [-0.3, -0.25) is 4.79 Å². The summed E-state index contributed by atoms with van der Waals surface area (Å²) in [7, 11) is 0. The highest BCUT2D eigenvalue weighted by Gasteiger charge is 2.11. The number of hydrogen-bond acceptors (Lipinski definition) is 4. The molecule has 0 aliphatic carbocycles. The van der Waals surface area contributed by atoms with Crippen molar-refractivity contribution in [2.45, 2.75) is 6.61 Å². The van der Waals surface area contributed by atoms with Gasteiger partial charge in [0.1, 0.15) is 12.9 Å². The molecule has 2 aromatic rings. The van der Waals surface area contributed by atoms with Gasteiger partial charge in [0.15, 0.2) is 11.5 Å². The van der Waals surface area contributed by atoms with Gasteiger partial charge in [0.05, 0.1) is 0 Å². The van der Waals surface area contributed by atoms with Crippen molar-refractivity contribution in [3.05, 3.63) is 53.6 Å². The largest absolute Gasteiger partial charge is 0.504 e. The minimum atomic E-state index is -0.256. The number of benzene rings is 2. The van der Waals surface area contributed by atoms with Crippen molar-refractivity contribution >= 4 is 6.29 Å². The van der Waals surface area contributed by atoms with Gasteiger partial charge in [0.25, 0.3) is 0 Å². The minimum absolute atomic E-state index is 0.0237. The Hall–Kier alpha value is -2.49. The topological polar surface area (TPSA) is 66.8 Å². The predicted molar refractivity (Wildman–Crippen MR) is 65.9 cm³/mol. The van der Waals surface area contributed by atoms with E-state index in [1.165, 1.54) is 12.1 Å². The molecule has 0 amide bonds. The fourth-order valence-electron chi connectivity index (χ4n) is 1.57. The lowest BCUT2D eigenvalue weighted by Crippen LogP contribution is -1.96. The van der Waals surface area contributed by atoms with Crippen LogP contribution < -0.4 is 4.74 Å². The molecule has 0 aromatic heterocycles. The number of hydrogen-bond donors (Lipinski definition) is 2. The highest BCUT2D eigenvalue weighted by atomic mass is 16.5. The lowest BCUT2D eigenvalue weighted by atomic mass is 10.2. The molecule has 0 spiro atoms. The van der Waals surface area contributed by atoms with Gasteiger partial charge in [-0.1, -0.05) is 30.3 Å². The molecule has 4 heteroatoms. The summed E-state index contributed by atoms with van der Waals surface area (Å²) < 4.78 is 5.34. The smallest absolute Gasteiger partial charge is 0.203 e. The van der Waals surface area contributed by atoms with E-state index in [0.717, 1.165) is 5.56 Å². The summed E-state index contributed by atoms with van der Waals surface area (Å²) in [6, 6.07) is 11.8. The first kappa shape index (κ1) is 12.0.